The van der Waals surface area contributed by atoms with Crippen molar-refractivity contribution in [2.45, 2.75) is 32.2 Å². The largest absolute Gasteiger partial charge is 0.312 e. The van der Waals surface area contributed by atoms with Crippen LogP contribution in [-0.4, -0.2) is 37.1 Å². The smallest absolute Gasteiger partial charge is 0.0931 e. The highest BCUT2D eigenvalue weighted by Gasteiger charge is 2.19. The van der Waals surface area contributed by atoms with Crippen LogP contribution in [0.25, 0.3) is 0 Å². The van der Waals surface area contributed by atoms with Crippen molar-refractivity contribution in [3.05, 3.63) is 16.1 Å². The van der Waals surface area contributed by atoms with Gasteiger partial charge in [0.05, 0.1) is 5.01 Å². The molecule has 1 saturated heterocycles. The van der Waals surface area contributed by atoms with Crippen molar-refractivity contribution in [2.75, 3.05) is 27.2 Å². The van der Waals surface area contributed by atoms with E-state index in [-0.39, 0.29) is 0 Å². The predicted molar refractivity (Wildman–Crippen MR) is 73.5 cm³/mol. The first-order valence-electron chi connectivity index (χ1n) is 6.49. The molecular weight excluding hydrogens is 230 g/mol. The molecule has 0 radical (unpaired) electrons. The second-order valence-electron chi connectivity index (χ2n) is 5.14. The van der Waals surface area contributed by atoms with E-state index in [1.807, 2.05) is 24.6 Å². The number of hydrogen-bond acceptors (Lipinski definition) is 4. The van der Waals surface area contributed by atoms with Gasteiger partial charge in [-0.2, -0.15) is 0 Å². The molecule has 0 amide bonds. The van der Waals surface area contributed by atoms with Gasteiger partial charge in [-0.1, -0.05) is 0 Å². The summed E-state index contributed by atoms with van der Waals surface area (Å²) in [7, 11) is 4.22. The minimum atomic E-state index is 0.426. The molecule has 2 atom stereocenters. The molecule has 1 aromatic heterocycles. The van der Waals surface area contributed by atoms with Crippen molar-refractivity contribution in [1.82, 2.24) is 15.2 Å². The molecule has 3 nitrogen and oxygen atoms in total. The Morgan fingerprint density at radius 2 is 2.47 bits per heavy atom. The lowest BCUT2D eigenvalue weighted by Crippen LogP contribution is -2.32. The summed E-state index contributed by atoms with van der Waals surface area (Å²) in [5.41, 5.74) is 0. The third kappa shape index (κ3) is 3.50. The van der Waals surface area contributed by atoms with Gasteiger partial charge < -0.3 is 10.2 Å². The minimum absolute atomic E-state index is 0.426. The average molecular weight is 253 g/mol. The van der Waals surface area contributed by atoms with E-state index in [1.54, 1.807) is 0 Å². The van der Waals surface area contributed by atoms with Crippen LogP contribution in [0.3, 0.4) is 0 Å². The topological polar surface area (TPSA) is 28.2 Å². The van der Waals surface area contributed by atoms with Crippen LogP contribution < -0.4 is 5.32 Å². The lowest BCUT2D eigenvalue weighted by Gasteiger charge is -2.29. The zero-order valence-electron chi connectivity index (χ0n) is 11.1. The number of nitrogens with zero attached hydrogens (tertiary/aromatic N) is 2. The monoisotopic (exact) mass is 253 g/mol. The summed E-state index contributed by atoms with van der Waals surface area (Å²) in [6.07, 6.45) is 5.90. The molecule has 0 spiro atoms. The first-order valence-corrected chi connectivity index (χ1v) is 7.31. The van der Waals surface area contributed by atoms with Gasteiger partial charge in [-0.15, -0.1) is 11.3 Å². The van der Waals surface area contributed by atoms with Gasteiger partial charge in [0, 0.05) is 30.1 Å². The molecule has 2 rings (SSSR count). The molecule has 4 heteroatoms. The molecule has 2 unspecified atom stereocenters. The van der Waals surface area contributed by atoms with Gasteiger partial charge in [0.1, 0.15) is 0 Å². The highest BCUT2D eigenvalue weighted by molar-refractivity contribution is 7.11. The highest BCUT2D eigenvalue weighted by atomic mass is 32.1. The number of thiazole rings is 1. The molecule has 1 aromatic rings. The van der Waals surface area contributed by atoms with Crippen LogP contribution in [0.1, 0.15) is 35.7 Å². The van der Waals surface area contributed by atoms with E-state index >= 15 is 0 Å². The van der Waals surface area contributed by atoms with Crippen LogP contribution in [-0.2, 0) is 6.42 Å². The fourth-order valence-electron chi connectivity index (χ4n) is 2.45. The lowest BCUT2D eigenvalue weighted by molar-refractivity contribution is 0.209. The van der Waals surface area contributed by atoms with Gasteiger partial charge in [0.15, 0.2) is 0 Å². The van der Waals surface area contributed by atoms with Crippen LogP contribution in [0, 0.1) is 5.92 Å². The molecule has 0 bridgehead atoms. The Labute approximate surface area is 108 Å². The van der Waals surface area contributed by atoms with Crippen molar-refractivity contribution in [3.63, 3.8) is 0 Å². The average Bonchev–Trinajstić information content (AvgIpc) is 2.76. The van der Waals surface area contributed by atoms with Gasteiger partial charge >= 0.3 is 0 Å². The number of aromatic nitrogens is 1. The van der Waals surface area contributed by atoms with Crippen LogP contribution >= 0.6 is 11.3 Å². The van der Waals surface area contributed by atoms with Gasteiger partial charge in [0.2, 0.25) is 0 Å². The van der Waals surface area contributed by atoms with Crippen LogP contribution in [0.2, 0.25) is 0 Å². The van der Waals surface area contributed by atoms with Crippen LogP contribution in [0.5, 0.6) is 0 Å². The molecule has 17 heavy (non-hydrogen) atoms. The van der Waals surface area contributed by atoms with E-state index in [2.05, 4.69) is 29.2 Å². The quantitative estimate of drug-likeness (QED) is 0.892. The number of nitrogens with one attached hydrogen (secondary N) is 1. The van der Waals surface area contributed by atoms with E-state index in [9.17, 15) is 0 Å². The van der Waals surface area contributed by atoms with E-state index in [4.69, 9.17) is 0 Å². The highest BCUT2D eigenvalue weighted by Crippen LogP contribution is 2.25. The van der Waals surface area contributed by atoms with E-state index in [1.165, 1.54) is 35.8 Å². The van der Waals surface area contributed by atoms with E-state index in [0.717, 1.165) is 12.3 Å². The third-order valence-corrected chi connectivity index (χ3v) is 4.82. The number of rotatable bonds is 4. The SMILES string of the molecule is CNC(C)c1cnc(CC2CCCN(C)C2)s1. The summed E-state index contributed by atoms with van der Waals surface area (Å²) in [6.45, 7) is 4.68. The Morgan fingerprint density at radius 3 is 3.18 bits per heavy atom. The molecular formula is C13H23N3S. The summed E-state index contributed by atoms with van der Waals surface area (Å²) in [5.74, 6) is 0.803. The molecule has 2 heterocycles. The van der Waals surface area contributed by atoms with Crippen LogP contribution in [0.4, 0.5) is 0 Å². The molecule has 1 N–H and O–H groups in total. The zero-order valence-corrected chi connectivity index (χ0v) is 11.9. The Bertz CT molecular complexity index is 350. The van der Waals surface area contributed by atoms with E-state index < -0.39 is 0 Å². The fraction of sp³-hybridized carbons (Fsp3) is 0.769. The summed E-state index contributed by atoms with van der Waals surface area (Å²) >= 11 is 1.87. The molecule has 1 aliphatic heterocycles. The molecule has 96 valence electrons. The van der Waals surface area contributed by atoms with Crippen molar-refractivity contribution >= 4 is 11.3 Å². The van der Waals surface area contributed by atoms with Gasteiger partial charge in [0.25, 0.3) is 0 Å². The number of likely N-dealkylation sites (tertiary alicyclic amines) is 1. The van der Waals surface area contributed by atoms with Gasteiger partial charge in [-0.05, 0) is 46.3 Å². The van der Waals surface area contributed by atoms with Gasteiger partial charge in [-0.3, -0.25) is 0 Å². The van der Waals surface area contributed by atoms with Crippen molar-refractivity contribution in [3.8, 4) is 0 Å². The maximum absolute atomic E-state index is 4.56. The molecule has 1 aliphatic rings. The number of hydrogen-bond donors (Lipinski definition) is 1. The Kier molecular flexibility index (Phi) is 4.54. The third-order valence-electron chi connectivity index (χ3n) is 3.62. The Morgan fingerprint density at radius 1 is 1.65 bits per heavy atom. The molecule has 0 aromatic carbocycles. The summed E-state index contributed by atoms with van der Waals surface area (Å²) in [5, 5.41) is 4.58. The van der Waals surface area contributed by atoms with E-state index in [0.29, 0.717) is 6.04 Å². The second kappa shape index (κ2) is 5.94. The van der Waals surface area contributed by atoms with Crippen molar-refractivity contribution < 1.29 is 0 Å². The maximum atomic E-state index is 4.56. The maximum Gasteiger partial charge on any atom is 0.0931 e. The Hall–Kier alpha value is -0.450. The molecule has 0 saturated carbocycles. The summed E-state index contributed by atoms with van der Waals surface area (Å²) in [4.78, 5) is 8.36. The molecule has 0 aliphatic carbocycles. The first kappa shape index (κ1) is 13.0. The standard InChI is InChI=1S/C13H23N3S/c1-10(14-2)12-8-15-13(17-12)7-11-5-4-6-16(3)9-11/h8,10-11,14H,4-7,9H2,1-3H3. The van der Waals surface area contributed by atoms with Gasteiger partial charge in [-0.25, -0.2) is 4.98 Å². The lowest BCUT2D eigenvalue weighted by atomic mass is 9.95. The minimum Gasteiger partial charge on any atom is -0.312 e. The van der Waals surface area contributed by atoms with Crippen LogP contribution in [0.15, 0.2) is 6.20 Å². The predicted octanol–water partition coefficient (Wildman–Crippen LogP) is 2.31. The molecule has 1 fully saturated rings. The number of piperidine rings is 1. The normalized spacial score (nSPS) is 23.8. The summed E-state index contributed by atoms with van der Waals surface area (Å²) < 4.78 is 0. The first-order chi connectivity index (χ1) is 8.19. The fourth-order valence-corrected chi connectivity index (χ4v) is 3.54. The van der Waals surface area contributed by atoms with Crippen molar-refractivity contribution in [1.29, 1.82) is 0 Å². The van der Waals surface area contributed by atoms with Crippen molar-refractivity contribution in [2.24, 2.45) is 5.92 Å². The zero-order chi connectivity index (χ0) is 12.3. The second-order valence-corrected chi connectivity index (χ2v) is 6.29. The summed E-state index contributed by atoms with van der Waals surface area (Å²) in [6, 6.07) is 0.426. The Balaban J connectivity index is 1.92.